The summed E-state index contributed by atoms with van der Waals surface area (Å²) in [5, 5.41) is 0. The summed E-state index contributed by atoms with van der Waals surface area (Å²) in [6.45, 7) is 2.00. The predicted octanol–water partition coefficient (Wildman–Crippen LogP) is -4.93. The highest BCUT2D eigenvalue weighted by molar-refractivity contribution is 4.36. The molecular formula is C2H16O7. The van der Waals surface area contributed by atoms with E-state index in [1.807, 2.05) is 0 Å². The van der Waals surface area contributed by atoms with Gasteiger partial charge in [0.2, 0.25) is 0 Å². The van der Waals surface area contributed by atoms with E-state index in [9.17, 15) is 0 Å². The first-order chi connectivity index (χ1) is 1.50. The Bertz CT molecular complexity index is 11.6. The molecule has 0 amide bonds. The lowest BCUT2D eigenvalue weighted by atomic mass is 11.0. The maximum atomic E-state index is 4.50. The van der Waals surface area contributed by atoms with Crippen molar-refractivity contribution in [2.75, 3.05) is 13.2 Å². The molecule has 0 saturated carbocycles. The van der Waals surface area contributed by atoms with Crippen molar-refractivity contribution in [3.63, 3.8) is 0 Å². The molecular weight excluding hydrogens is 136 g/mol. The molecule has 0 aromatic heterocycles. The first kappa shape index (κ1) is 70.2. The van der Waals surface area contributed by atoms with Crippen molar-refractivity contribution >= 4 is 0 Å². The van der Waals surface area contributed by atoms with Crippen LogP contribution in [0.1, 0.15) is 0 Å². The average molecular weight is 152 g/mol. The number of hydrogen-bond donors (Lipinski definition) is 0. The van der Waals surface area contributed by atoms with Gasteiger partial charge in [0.1, 0.15) is 0 Å². The zero-order chi connectivity index (χ0) is 2.12. The molecule has 7 nitrogen and oxygen atoms in total. The zero-order valence-corrected chi connectivity index (χ0v) is 4.82. The molecule has 0 aliphatic carbocycles. The van der Waals surface area contributed by atoms with Crippen molar-refractivity contribution in [3.8, 4) is 0 Å². The summed E-state index contributed by atoms with van der Waals surface area (Å²) in [4.78, 5) is 0. The highest BCUT2D eigenvalue weighted by Crippen LogP contribution is 1.84. The van der Waals surface area contributed by atoms with Gasteiger partial charge in [0.25, 0.3) is 0 Å². The van der Waals surface area contributed by atoms with E-state index in [-0.39, 0.29) is 32.9 Å². The van der Waals surface area contributed by atoms with Crippen LogP contribution in [0.25, 0.3) is 0 Å². The smallest absolute Gasteiger partial charge is 0.0701 e. The SMILES string of the molecule is C1CO1.O.O.O.O.O.O. The van der Waals surface area contributed by atoms with E-state index in [0.717, 1.165) is 13.2 Å². The molecule has 0 unspecified atom stereocenters. The van der Waals surface area contributed by atoms with Gasteiger partial charge in [-0.1, -0.05) is 0 Å². The fraction of sp³-hybridized carbons (Fsp3) is 1.00. The topological polar surface area (TPSA) is 202 Å². The van der Waals surface area contributed by atoms with Crippen molar-refractivity contribution in [1.82, 2.24) is 0 Å². The summed E-state index contributed by atoms with van der Waals surface area (Å²) < 4.78 is 4.50. The van der Waals surface area contributed by atoms with Gasteiger partial charge in [0.05, 0.1) is 13.2 Å². The minimum absolute atomic E-state index is 0. The van der Waals surface area contributed by atoms with Crippen LogP contribution in [0.3, 0.4) is 0 Å². The Labute approximate surface area is 52.1 Å². The lowest BCUT2D eigenvalue weighted by Gasteiger charge is -1.24. The van der Waals surface area contributed by atoms with Crippen LogP contribution < -0.4 is 0 Å². The molecule has 0 bridgehead atoms. The summed E-state index contributed by atoms with van der Waals surface area (Å²) in [5.74, 6) is 0. The van der Waals surface area contributed by atoms with Crippen LogP contribution in [0.5, 0.6) is 0 Å². The van der Waals surface area contributed by atoms with Crippen molar-refractivity contribution in [1.29, 1.82) is 0 Å². The summed E-state index contributed by atoms with van der Waals surface area (Å²) in [6, 6.07) is 0. The molecule has 0 radical (unpaired) electrons. The van der Waals surface area contributed by atoms with Crippen LogP contribution in [0.4, 0.5) is 0 Å². The van der Waals surface area contributed by atoms with Gasteiger partial charge in [0.15, 0.2) is 0 Å². The fourth-order valence-corrected chi connectivity index (χ4v) is 0. The maximum Gasteiger partial charge on any atom is 0.0701 e. The summed E-state index contributed by atoms with van der Waals surface area (Å²) in [6.07, 6.45) is 0. The van der Waals surface area contributed by atoms with E-state index in [1.165, 1.54) is 0 Å². The maximum absolute atomic E-state index is 4.50. The Kier molecular flexibility index (Phi) is 368. The molecule has 1 heterocycles. The van der Waals surface area contributed by atoms with Gasteiger partial charge in [-0.05, 0) is 0 Å². The minimum Gasteiger partial charge on any atom is -0.412 e. The van der Waals surface area contributed by atoms with Gasteiger partial charge in [0, 0.05) is 0 Å². The lowest BCUT2D eigenvalue weighted by Crippen LogP contribution is -1.20. The third-order valence-corrected chi connectivity index (χ3v) is 0.204. The molecule has 1 aliphatic rings. The first-order valence-electron chi connectivity index (χ1n) is 1.08. The predicted molar refractivity (Wildman–Crippen MR) is 32.5 cm³/mol. The molecule has 0 aromatic carbocycles. The molecule has 1 saturated heterocycles. The van der Waals surface area contributed by atoms with E-state index in [0.29, 0.717) is 0 Å². The van der Waals surface area contributed by atoms with Crippen LogP contribution in [0.2, 0.25) is 0 Å². The standard InChI is InChI=1S/C2H4O.6H2O/c1-2-3-1;;;;;;/h1-2H2;6*1H2. The van der Waals surface area contributed by atoms with Crippen LogP contribution >= 0.6 is 0 Å². The third-order valence-electron chi connectivity index (χ3n) is 0.204. The third kappa shape index (κ3) is 487. The summed E-state index contributed by atoms with van der Waals surface area (Å²) >= 11 is 0. The van der Waals surface area contributed by atoms with Crippen LogP contribution in [-0.2, 0) is 4.74 Å². The second-order valence-electron chi connectivity index (χ2n) is 0.612. The van der Waals surface area contributed by atoms with E-state index in [4.69, 9.17) is 0 Å². The van der Waals surface area contributed by atoms with Gasteiger partial charge < -0.3 is 37.6 Å². The first-order valence-corrected chi connectivity index (χ1v) is 1.08. The average Bonchev–Trinajstić information content (AvgIpc) is 1.46. The van der Waals surface area contributed by atoms with Crippen LogP contribution in [-0.4, -0.2) is 46.1 Å². The second kappa shape index (κ2) is 47.1. The Morgan fingerprint density at radius 1 is 0.556 bits per heavy atom. The van der Waals surface area contributed by atoms with E-state index in [1.54, 1.807) is 0 Å². The normalized spacial score (nSPS) is 8.00. The second-order valence-corrected chi connectivity index (χ2v) is 0.612. The molecule has 12 N–H and O–H groups in total. The molecule has 66 valence electrons. The monoisotopic (exact) mass is 152 g/mol. The fourth-order valence-electron chi connectivity index (χ4n) is 0. The number of epoxide rings is 1. The van der Waals surface area contributed by atoms with E-state index in [2.05, 4.69) is 4.74 Å². The van der Waals surface area contributed by atoms with Crippen molar-refractivity contribution in [2.45, 2.75) is 0 Å². The molecule has 1 rings (SSSR count). The molecule has 9 heavy (non-hydrogen) atoms. The molecule has 0 atom stereocenters. The van der Waals surface area contributed by atoms with Crippen molar-refractivity contribution < 1.29 is 37.6 Å². The molecule has 1 fully saturated rings. The van der Waals surface area contributed by atoms with Gasteiger partial charge in [-0.2, -0.15) is 0 Å². The van der Waals surface area contributed by atoms with E-state index < -0.39 is 0 Å². The quantitative estimate of drug-likeness (QED) is 0.307. The summed E-state index contributed by atoms with van der Waals surface area (Å²) in [7, 11) is 0. The largest absolute Gasteiger partial charge is 0.412 e. The molecule has 0 spiro atoms. The van der Waals surface area contributed by atoms with Gasteiger partial charge in [-0.15, -0.1) is 0 Å². The minimum atomic E-state index is 0. The Balaban J connectivity index is -0.00000000375. The Morgan fingerprint density at radius 3 is 0.667 bits per heavy atom. The lowest BCUT2D eigenvalue weighted by molar-refractivity contribution is 0.475. The van der Waals surface area contributed by atoms with Gasteiger partial charge in [-0.3, -0.25) is 0 Å². The Morgan fingerprint density at radius 2 is 0.667 bits per heavy atom. The van der Waals surface area contributed by atoms with Gasteiger partial charge in [-0.25, -0.2) is 0 Å². The highest BCUT2D eigenvalue weighted by Gasteiger charge is 1.94. The van der Waals surface area contributed by atoms with Crippen LogP contribution in [0.15, 0.2) is 0 Å². The summed E-state index contributed by atoms with van der Waals surface area (Å²) in [5.41, 5.74) is 0. The van der Waals surface area contributed by atoms with Gasteiger partial charge >= 0.3 is 0 Å². The number of ether oxygens (including phenoxy) is 1. The number of rotatable bonds is 0. The van der Waals surface area contributed by atoms with Crippen LogP contribution in [0, 0.1) is 0 Å². The molecule has 7 heteroatoms. The molecule has 1 aliphatic heterocycles. The van der Waals surface area contributed by atoms with Crippen molar-refractivity contribution in [3.05, 3.63) is 0 Å². The van der Waals surface area contributed by atoms with Crippen molar-refractivity contribution in [2.24, 2.45) is 0 Å². The number of hydrogen-bond acceptors (Lipinski definition) is 1. The zero-order valence-electron chi connectivity index (χ0n) is 4.82. The highest BCUT2D eigenvalue weighted by atomic mass is 16.6. The Hall–Kier alpha value is -0.280. The molecule has 0 aromatic rings. The van der Waals surface area contributed by atoms with E-state index >= 15 is 0 Å².